The van der Waals surface area contributed by atoms with Crippen LogP contribution in [-0.4, -0.2) is 19.1 Å². The maximum Gasteiger partial charge on any atom is 0.0702 e. The molecule has 0 fully saturated rings. The summed E-state index contributed by atoms with van der Waals surface area (Å²) >= 11 is 0. The maximum atomic E-state index is 5.14. The molecule has 470 valence electrons. The van der Waals surface area contributed by atoms with Gasteiger partial charge in [-0.1, -0.05) is 249 Å². The van der Waals surface area contributed by atoms with Crippen molar-refractivity contribution in [1.29, 1.82) is 0 Å². The zero-order valence-corrected chi connectivity index (χ0v) is 55.3. The third-order valence-corrected chi connectivity index (χ3v) is 22.0. The van der Waals surface area contributed by atoms with Crippen LogP contribution in [0.2, 0.25) is 0 Å². The Labute approximate surface area is 586 Å². The lowest BCUT2D eigenvalue weighted by atomic mass is 9.85. The Hall–Kier alpha value is -13.5. The van der Waals surface area contributed by atoms with E-state index in [4.69, 9.17) is 9.97 Å². The van der Waals surface area contributed by atoms with Gasteiger partial charge >= 0.3 is 0 Å². The van der Waals surface area contributed by atoms with Gasteiger partial charge in [0.15, 0.2) is 0 Å². The first-order valence-corrected chi connectivity index (χ1v) is 35.1. The van der Waals surface area contributed by atoms with Gasteiger partial charge in [-0.3, -0.25) is 9.97 Å². The maximum absolute atomic E-state index is 5.14. The molecule has 0 atom stereocenters. The molecule has 22 aromatic rings. The summed E-state index contributed by atoms with van der Waals surface area (Å²) < 4.78 is 4.88. The Balaban J connectivity index is 0.625. The minimum atomic E-state index is 0.958. The van der Waals surface area contributed by atoms with Crippen molar-refractivity contribution < 1.29 is 0 Å². The molecule has 0 radical (unpaired) electrons. The van der Waals surface area contributed by atoms with Crippen LogP contribution in [0.25, 0.3) is 219 Å². The predicted octanol–water partition coefficient (Wildman–Crippen LogP) is 26.4. The van der Waals surface area contributed by atoms with E-state index in [0.29, 0.717) is 0 Å². The molecule has 0 saturated heterocycles. The third kappa shape index (κ3) is 8.63. The van der Waals surface area contributed by atoms with Gasteiger partial charge in [0.1, 0.15) is 0 Å². The van der Waals surface area contributed by atoms with Gasteiger partial charge in [-0.2, -0.15) is 0 Å². The Morgan fingerprint density at radius 1 is 0.176 bits per heavy atom. The molecular weight excluding hydrogens is 1230 g/mol. The van der Waals surface area contributed by atoms with E-state index in [1.54, 1.807) is 0 Å². The molecule has 0 amide bonds. The summed E-state index contributed by atoms with van der Waals surface area (Å²) in [6.45, 7) is 0. The first-order valence-electron chi connectivity index (χ1n) is 35.1. The summed E-state index contributed by atoms with van der Waals surface area (Å²) in [6.07, 6.45) is 4.03. The fourth-order valence-corrected chi connectivity index (χ4v) is 17.3. The fourth-order valence-electron chi connectivity index (χ4n) is 17.3. The van der Waals surface area contributed by atoms with Crippen LogP contribution >= 0.6 is 0 Å². The largest absolute Gasteiger partial charge is 0.309 e. The van der Waals surface area contributed by atoms with E-state index >= 15 is 0 Å². The van der Waals surface area contributed by atoms with Gasteiger partial charge in [0, 0.05) is 67.2 Å². The van der Waals surface area contributed by atoms with Gasteiger partial charge in [-0.25, -0.2) is 0 Å². The summed E-state index contributed by atoms with van der Waals surface area (Å²) in [6, 6.07) is 126. The molecule has 0 aliphatic heterocycles. The molecule has 22 rings (SSSR count). The van der Waals surface area contributed by atoms with Crippen molar-refractivity contribution in [2.75, 3.05) is 0 Å². The molecular formula is C98H58N4. The van der Waals surface area contributed by atoms with E-state index in [9.17, 15) is 0 Å². The summed E-state index contributed by atoms with van der Waals surface area (Å²) in [5, 5.41) is 22.4. The van der Waals surface area contributed by atoms with Crippen LogP contribution in [-0.2, 0) is 0 Å². The van der Waals surface area contributed by atoms with Crippen molar-refractivity contribution in [1.82, 2.24) is 19.1 Å². The highest BCUT2D eigenvalue weighted by molar-refractivity contribution is 6.30. The van der Waals surface area contributed by atoms with Crippen molar-refractivity contribution in [2.45, 2.75) is 0 Å². The van der Waals surface area contributed by atoms with E-state index < -0.39 is 0 Å². The molecule has 4 heterocycles. The molecule has 0 N–H and O–H groups in total. The van der Waals surface area contributed by atoms with E-state index in [2.05, 4.69) is 343 Å². The van der Waals surface area contributed by atoms with Crippen molar-refractivity contribution in [2.24, 2.45) is 0 Å². The predicted molar refractivity (Wildman–Crippen MR) is 431 cm³/mol. The minimum Gasteiger partial charge on any atom is -0.309 e. The zero-order chi connectivity index (χ0) is 66.7. The van der Waals surface area contributed by atoms with E-state index in [-0.39, 0.29) is 0 Å². The molecule has 4 nitrogen and oxygen atoms in total. The number of fused-ring (bicyclic) bond motifs is 8. The third-order valence-electron chi connectivity index (χ3n) is 22.0. The molecule has 4 aromatic heterocycles. The number of nitrogens with zero attached hydrogens (tertiary/aromatic N) is 4. The number of aromatic nitrogens is 4. The van der Waals surface area contributed by atoms with Crippen molar-refractivity contribution in [3.8, 4) is 89.3 Å². The number of para-hydroxylation sites is 4. The van der Waals surface area contributed by atoms with E-state index in [0.717, 1.165) is 83.2 Å². The summed E-state index contributed by atoms with van der Waals surface area (Å²) in [5.41, 5.74) is 25.2. The van der Waals surface area contributed by atoms with Crippen LogP contribution in [0, 0.1) is 0 Å². The minimum absolute atomic E-state index is 0.958. The van der Waals surface area contributed by atoms with Gasteiger partial charge in [0.05, 0.1) is 33.1 Å². The van der Waals surface area contributed by atoms with Crippen LogP contribution in [0.15, 0.2) is 352 Å². The van der Waals surface area contributed by atoms with Crippen LogP contribution in [0.1, 0.15) is 0 Å². The molecule has 0 bridgehead atoms. The Morgan fingerprint density at radius 2 is 0.529 bits per heavy atom. The normalized spacial score (nSPS) is 12.1. The van der Waals surface area contributed by atoms with E-state index in [1.807, 2.05) is 18.5 Å². The number of pyridine rings is 2. The second kappa shape index (κ2) is 22.0. The first-order chi connectivity index (χ1) is 50.5. The van der Waals surface area contributed by atoms with Crippen molar-refractivity contribution >= 4 is 130 Å². The van der Waals surface area contributed by atoms with Gasteiger partial charge in [-0.15, -0.1) is 0 Å². The van der Waals surface area contributed by atoms with Crippen LogP contribution in [0.5, 0.6) is 0 Å². The zero-order valence-electron chi connectivity index (χ0n) is 55.3. The van der Waals surface area contributed by atoms with Gasteiger partial charge in [0.2, 0.25) is 0 Å². The molecule has 18 aromatic carbocycles. The van der Waals surface area contributed by atoms with Crippen molar-refractivity contribution in [3.63, 3.8) is 0 Å². The Kier molecular flexibility index (Phi) is 12.2. The Morgan fingerprint density at radius 3 is 1.06 bits per heavy atom. The molecule has 0 aliphatic rings. The highest BCUT2D eigenvalue weighted by Crippen LogP contribution is 2.48. The number of hydrogen-bond donors (Lipinski definition) is 0. The lowest BCUT2D eigenvalue weighted by Gasteiger charge is -2.19. The molecule has 0 saturated carbocycles. The highest BCUT2D eigenvalue weighted by Gasteiger charge is 2.23. The lowest BCUT2D eigenvalue weighted by molar-refractivity contribution is 1.18. The fraction of sp³-hybridized carbons (Fsp3) is 0. The summed E-state index contributed by atoms with van der Waals surface area (Å²) in [7, 11) is 0. The monoisotopic (exact) mass is 1290 g/mol. The van der Waals surface area contributed by atoms with Crippen molar-refractivity contribution in [3.05, 3.63) is 352 Å². The second-order valence-electron chi connectivity index (χ2n) is 27.6. The average molecular weight is 1290 g/mol. The smallest absolute Gasteiger partial charge is 0.0702 e. The van der Waals surface area contributed by atoms with Crippen LogP contribution in [0.3, 0.4) is 0 Å². The second-order valence-corrected chi connectivity index (χ2v) is 27.6. The average Bonchev–Trinajstić information content (AvgIpc) is 1.06. The van der Waals surface area contributed by atoms with Gasteiger partial charge in [-0.05, 0) is 222 Å². The van der Waals surface area contributed by atoms with Crippen LogP contribution in [0.4, 0.5) is 0 Å². The topological polar surface area (TPSA) is 35.6 Å². The van der Waals surface area contributed by atoms with E-state index in [1.165, 1.54) is 136 Å². The standard InChI is InChI=1S/C98H58N4/c1-5-25-89-71(13-1)50-73(57-99-89)60-31-35-62(36-32-60)86-56-88(84-47-40-66-17-10-15-64-38-45-82(86)98(84)96(64)66)70-19-12-21-76(53-70)102-93-28-8-4-24-79(93)80-43-41-68(54-94(80)102)74-51-72-49-67(42-48-90(72)100-58-74)59-29-33-61(34-30-59)85-55-87(83-46-39-65-16-9-14-63-37-44-81(85)97(83)95(63)65)69-18-11-20-75(52-69)101-91-26-6-2-22-77(91)78-23-3-7-27-92(78)101/h1-58H. The number of rotatable bonds is 9. The molecule has 4 heteroatoms. The van der Waals surface area contributed by atoms with Crippen LogP contribution < -0.4 is 0 Å². The summed E-state index contributed by atoms with van der Waals surface area (Å²) in [5.74, 6) is 0. The van der Waals surface area contributed by atoms with Gasteiger partial charge in [0.25, 0.3) is 0 Å². The first kappa shape index (κ1) is 56.5. The van der Waals surface area contributed by atoms with Gasteiger partial charge < -0.3 is 9.13 Å². The molecule has 0 spiro atoms. The SMILES string of the molecule is c1cc(-c2cc(-c3ccc(-c4ccc5ncc(-c6ccc7c8ccccc8n(-c8cccc(-c9cc(-c%10ccc(-c%11cnc%12ccccc%12c%11)cc%10)c%10ccc%11cccc%12ccc9c%10c%11%12)c8)c7c6)cc5c4)cc3)c3ccc4cccc5ccc2c3c45)cc(-n2c3ccccc3c3ccccc32)c1. The number of hydrogen-bond acceptors (Lipinski definition) is 2. The molecule has 102 heavy (non-hydrogen) atoms. The quantitative estimate of drug-likeness (QED) is 0.135. The molecule has 0 unspecified atom stereocenters. The lowest BCUT2D eigenvalue weighted by Crippen LogP contribution is -1.96. The number of benzene rings is 18. The Bertz CT molecular complexity index is 7150. The highest BCUT2D eigenvalue weighted by atomic mass is 15.0. The molecule has 0 aliphatic carbocycles. The summed E-state index contributed by atoms with van der Waals surface area (Å²) in [4.78, 5) is 9.94.